The normalized spacial score (nSPS) is 18.4. The molecule has 21 heavy (non-hydrogen) atoms. The largest absolute Gasteiger partial charge is 0.368 e. The molecule has 0 saturated carbocycles. The van der Waals surface area contributed by atoms with Gasteiger partial charge < -0.3 is 11.1 Å². The third-order valence-electron chi connectivity index (χ3n) is 2.98. The molecule has 0 aromatic heterocycles. The monoisotopic (exact) mass is 296 g/mol. The Morgan fingerprint density at radius 2 is 2.00 bits per heavy atom. The van der Waals surface area contributed by atoms with Gasteiger partial charge in [0, 0.05) is 0 Å². The standard InChI is InChI=1S/C15H12N4OS/c16-14(17)19-15-18-13(20)12(21-15)8-10-6-3-5-9-4-1-2-7-11(9)10/h1-8H,(H4,16,17,18,19,20). The molecule has 104 valence electrons. The van der Waals surface area contributed by atoms with E-state index in [1.807, 2.05) is 48.5 Å². The number of aliphatic imine (C=N–C) groups is 1. The van der Waals surface area contributed by atoms with E-state index < -0.39 is 0 Å². The lowest BCUT2D eigenvalue weighted by atomic mass is 10.0. The topological polar surface area (TPSA) is 91.3 Å². The van der Waals surface area contributed by atoms with E-state index in [9.17, 15) is 4.79 Å². The first-order valence-electron chi connectivity index (χ1n) is 6.25. The van der Waals surface area contributed by atoms with Gasteiger partial charge in [-0.1, -0.05) is 42.5 Å². The van der Waals surface area contributed by atoms with E-state index in [0.29, 0.717) is 10.1 Å². The van der Waals surface area contributed by atoms with Gasteiger partial charge in [-0.2, -0.15) is 4.99 Å². The van der Waals surface area contributed by atoms with Crippen LogP contribution in [0.25, 0.3) is 16.8 Å². The number of hydrogen-bond acceptors (Lipinski definition) is 3. The summed E-state index contributed by atoms with van der Waals surface area (Å²) in [6.45, 7) is 0. The summed E-state index contributed by atoms with van der Waals surface area (Å²) >= 11 is 1.18. The Hall–Kier alpha value is -2.60. The number of hydrogen-bond donors (Lipinski definition) is 3. The predicted molar refractivity (Wildman–Crippen MR) is 87.0 cm³/mol. The Labute approximate surface area is 125 Å². The third-order valence-corrected chi connectivity index (χ3v) is 3.89. The molecule has 4 N–H and O–H groups in total. The Morgan fingerprint density at radius 1 is 1.24 bits per heavy atom. The average Bonchev–Trinajstić information content (AvgIpc) is 2.78. The Balaban J connectivity index is 2.01. The molecule has 1 saturated heterocycles. The zero-order chi connectivity index (χ0) is 14.8. The van der Waals surface area contributed by atoms with Crippen molar-refractivity contribution in [3.05, 3.63) is 52.9 Å². The van der Waals surface area contributed by atoms with E-state index in [0.717, 1.165) is 16.3 Å². The second-order valence-electron chi connectivity index (χ2n) is 4.44. The first-order chi connectivity index (χ1) is 10.1. The van der Waals surface area contributed by atoms with Crippen LogP contribution in [0.15, 0.2) is 52.4 Å². The van der Waals surface area contributed by atoms with Crippen LogP contribution in [0, 0.1) is 5.41 Å². The maximum atomic E-state index is 11.9. The van der Waals surface area contributed by atoms with Crippen LogP contribution < -0.4 is 11.1 Å². The zero-order valence-corrected chi connectivity index (χ0v) is 11.8. The second-order valence-corrected chi connectivity index (χ2v) is 5.47. The van der Waals surface area contributed by atoms with Crippen LogP contribution in [-0.4, -0.2) is 17.0 Å². The van der Waals surface area contributed by atoms with Crippen molar-refractivity contribution in [3.63, 3.8) is 0 Å². The molecule has 1 heterocycles. The maximum Gasteiger partial charge on any atom is 0.264 e. The summed E-state index contributed by atoms with van der Waals surface area (Å²) in [5.41, 5.74) is 6.17. The summed E-state index contributed by atoms with van der Waals surface area (Å²) in [6.07, 6.45) is 1.82. The van der Waals surface area contributed by atoms with Crippen molar-refractivity contribution in [3.8, 4) is 0 Å². The van der Waals surface area contributed by atoms with E-state index in [4.69, 9.17) is 11.1 Å². The number of benzene rings is 2. The van der Waals surface area contributed by atoms with Gasteiger partial charge >= 0.3 is 0 Å². The van der Waals surface area contributed by atoms with Crippen molar-refractivity contribution in [2.45, 2.75) is 0 Å². The van der Waals surface area contributed by atoms with Crippen LogP contribution in [0.1, 0.15) is 5.56 Å². The molecule has 1 fully saturated rings. The highest BCUT2D eigenvalue weighted by Crippen LogP contribution is 2.28. The van der Waals surface area contributed by atoms with Crippen LogP contribution in [-0.2, 0) is 4.79 Å². The number of amidine groups is 1. The van der Waals surface area contributed by atoms with Crippen LogP contribution in [0.2, 0.25) is 0 Å². The lowest BCUT2D eigenvalue weighted by Gasteiger charge is -2.02. The number of nitrogens with two attached hydrogens (primary N) is 1. The van der Waals surface area contributed by atoms with Crippen molar-refractivity contribution >= 4 is 45.6 Å². The molecule has 3 rings (SSSR count). The van der Waals surface area contributed by atoms with Gasteiger partial charge in [-0.05, 0) is 34.2 Å². The Bertz CT molecular complexity index is 805. The van der Waals surface area contributed by atoms with Gasteiger partial charge in [-0.3, -0.25) is 10.2 Å². The molecular weight excluding hydrogens is 284 g/mol. The highest BCUT2D eigenvalue weighted by atomic mass is 32.2. The average molecular weight is 296 g/mol. The number of fused-ring (bicyclic) bond motifs is 1. The van der Waals surface area contributed by atoms with Crippen molar-refractivity contribution in [1.29, 1.82) is 5.41 Å². The molecule has 1 aliphatic rings. The molecule has 0 radical (unpaired) electrons. The fraction of sp³-hybridized carbons (Fsp3) is 0. The Morgan fingerprint density at radius 3 is 2.81 bits per heavy atom. The van der Waals surface area contributed by atoms with Gasteiger partial charge in [0.25, 0.3) is 5.91 Å². The summed E-state index contributed by atoms with van der Waals surface area (Å²) in [4.78, 5) is 16.2. The lowest BCUT2D eigenvalue weighted by molar-refractivity contribution is -0.115. The minimum atomic E-state index is -0.329. The fourth-order valence-electron chi connectivity index (χ4n) is 2.11. The quantitative estimate of drug-likeness (QED) is 0.428. The molecule has 0 aliphatic carbocycles. The summed E-state index contributed by atoms with van der Waals surface area (Å²) in [6, 6.07) is 13.9. The Kier molecular flexibility index (Phi) is 3.45. The molecular formula is C15H12N4OS. The predicted octanol–water partition coefficient (Wildman–Crippen LogP) is 2.29. The summed E-state index contributed by atoms with van der Waals surface area (Å²) in [5.74, 6) is -0.558. The molecule has 0 bridgehead atoms. The highest BCUT2D eigenvalue weighted by Gasteiger charge is 2.24. The van der Waals surface area contributed by atoms with Crippen LogP contribution in [0.3, 0.4) is 0 Å². The van der Waals surface area contributed by atoms with Gasteiger partial charge in [0.1, 0.15) is 0 Å². The van der Waals surface area contributed by atoms with Crippen LogP contribution >= 0.6 is 11.8 Å². The molecule has 2 aromatic carbocycles. The number of carbonyl (C=O) groups is 1. The van der Waals surface area contributed by atoms with E-state index >= 15 is 0 Å². The molecule has 1 amide bonds. The summed E-state index contributed by atoms with van der Waals surface area (Å²) in [5, 5.41) is 12.2. The van der Waals surface area contributed by atoms with Crippen molar-refractivity contribution in [2.75, 3.05) is 0 Å². The van der Waals surface area contributed by atoms with Gasteiger partial charge in [-0.15, -0.1) is 0 Å². The number of rotatable bonds is 1. The number of nitrogens with zero attached hydrogens (tertiary/aromatic N) is 1. The first kappa shape index (κ1) is 13.4. The minimum absolute atomic E-state index is 0.229. The first-order valence-corrected chi connectivity index (χ1v) is 7.06. The van der Waals surface area contributed by atoms with Crippen molar-refractivity contribution in [2.24, 2.45) is 10.7 Å². The second kappa shape index (κ2) is 5.41. The molecule has 6 heteroatoms. The maximum absolute atomic E-state index is 11.9. The molecule has 0 spiro atoms. The van der Waals surface area contributed by atoms with Gasteiger partial charge in [-0.25, -0.2) is 0 Å². The molecule has 0 atom stereocenters. The number of amides is 1. The van der Waals surface area contributed by atoms with Gasteiger partial charge in [0.05, 0.1) is 4.91 Å². The third kappa shape index (κ3) is 2.80. The fourth-order valence-corrected chi connectivity index (χ4v) is 2.93. The smallest absolute Gasteiger partial charge is 0.264 e. The molecule has 1 aliphatic heterocycles. The van der Waals surface area contributed by atoms with Gasteiger partial charge in [0.15, 0.2) is 5.17 Å². The SMILES string of the molecule is N=C(N)N=C1NC(=O)C(=Cc2cccc3ccccc23)S1. The molecule has 2 aromatic rings. The summed E-state index contributed by atoms with van der Waals surface area (Å²) in [7, 11) is 0. The van der Waals surface area contributed by atoms with E-state index in [1.54, 1.807) is 0 Å². The number of thioether (sulfide) groups is 1. The van der Waals surface area contributed by atoms with Crippen molar-refractivity contribution in [1.82, 2.24) is 5.32 Å². The number of guanidine groups is 1. The van der Waals surface area contributed by atoms with Crippen molar-refractivity contribution < 1.29 is 4.79 Å². The van der Waals surface area contributed by atoms with Gasteiger partial charge in [0.2, 0.25) is 5.96 Å². The number of nitrogens with one attached hydrogen (secondary N) is 2. The van der Waals surface area contributed by atoms with E-state index in [2.05, 4.69) is 10.3 Å². The van der Waals surface area contributed by atoms with E-state index in [-0.39, 0.29) is 11.9 Å². The molecule has 0 unspecified atom stereocenters. The van der Waals surface area contributed by atoms with Crippen LogP contribution in [0.5, 0.6) is 0 Å². The van der Waals surface area contributed by atoms with E-state index in [1.165, 1.54) is 11.8 Å². The minimum Gasteiger partial charge on any atom is -0.368 e. The van der Waals surface area contributed by atoms with Crippen LogP contribution in [0.4, 0.5) is 0 Å². The molecule has 5 nitrogen and oxygen atoms in total. The number of carbonyl (C=O) groups excluding carboxylic acids is 1. The highest BCUT2D eigenvalue weighted by molar-refractivity contribution is 8.18. The zero-order valence-electron chi connectivity index (χ0n) is 11.0. The lowest BCUT2D eigenvalue weighted by Crippen LogP contribution is -2.22. The summed E-state index contributed by atoms with van der Waals surface area (Å²) < 4.78 is 0.